The Bertz CT molecular complexity index is 923. The standard InChI is InChI=1S/C27H40N4O5/c1-18(2)24(29-26(34)36-27(3,4)5)25(33)31-14-20-10-21(15-31)13-30(12-20)16-22(32)17-35-23-8-6-19(11-28)7-9-23/h6-9,18,20-22,24,32H,10,12-17H2,1-5H3,(H,29,34)/t20?,21?,22-,24-/m0/s1. The molecule has 2 heterocycles. The number of ether oxygens (including phenoxy) is 2. The van der Waals surface area contributed by atoms with Crippen LogP contribution in [0.2, 0.25) is 0 Å². The molecule has 198 valence electrons. The molecule has 2 fully saturated rings. The molecule has 3 rings (SSSR count). The van der Waals surface area contributed by atoms with Crippen molar-refractivity contribution in [2.24, 2.45) is 17.8 Å². The van der Waals surface area contributed by atoms with E-state index >= 15 is 0 Å². The summed E-state index contributed by atoms with van der Waals surface area (Å²) >= 11 is 0. The molecule has 1 aromatic rings. The number of hydrogen-bond acceptors (Lipinski definition) is 7. The highest BCUT2D eigenvalue weighted by atomic mass is 16.6. The lowest BCUT2D eigenvalue weighted by molar-refractivity contribution is -0.139. The quantitative estimate of drug-likeness (QED) is 0.564. The fraction of sp³-hybridized carbons (Fsp3) is 0.667. The first-order chi connectivity index (χ1) is 16.9. The number of carbonyl (C=O) groups excluding carboxylic acids is 2. The molecule has 2 saturated heterocycles. The summed E-state index contributed by atoms with van der Waals surface area (Å²) < 4.78 is 11.0. The molecule has 0 radical (unpaired) electrons. The van der Waals surface area contributed by atoms with Crippen LogP contribution in [0.15, 0.2) is 24.3 Å². The van der Waals surface area contributed by atoms with Crippen molar-refractivity contribution in [3.05, 3.63) is 29.8 Å². The number of β-amino-alcohol motifs (C(OH)–C–C–N with tert-alkyl or cyclic N) is 1. The van der Waals surface area contributed by atoms with Crippen molar-refractivity contribution in [3.63, 3.8) is 0 Å². The van der Waals surface area contributed by atoms with Gasteiger partial charge in [-0.3, -0.25) is 9.69 Å². The van der Waals surface area contributed by atoms with Crippen molar-refractivity contribution in [1.82, 2.24) is 15.1 Å². The molecule has 9 nitrogen and oxygen atoms in total. The number of rotatable bonds is 8. The predicted molar refractivity (Wildman–Crippen MR) is 135 cm³/mol. The number of aliphatic hydroxyl groups is 1. The van der Waals surface area contributed by atoms with Gasteiger partial charge in [-0.05, 0) is 69.2 Å². The number of nitrogens with one attached hydrogen (secondary N) is 1. The van der Waals surface area contributed by atoms with Gasteiger partial charge in [0.1, 0.15) is 30.1 Å². The Hall–Kier alpha value is -2.83. The van der Waals surface area contributed by atoms with Crippen LogP contribution in [-0.2, 0) is 9.53 Å². The van der Waals surface area contributed by atoms with Gasteiger partial charge < -0.3 is 24.8 Å². The molecule has 0 aromatic heterocycles. The highest BCUT2D eigenvalue weighted by molar-refractivity contribution is 5.86. The maximum atomic E-state index is 13.4. The third-order valence-corrected chi connectivity index (χ3v) is 6.47. The summed E-state index contributed by atoms with van der Waals surface area (Å²) in [7, 11) is 0. The normalized spacial score (nSPS) is 21.9. The Kier molecular flexibility index (Phi) is 9.20. The number of nitrogens with zero attached hydrogens (tertiary/aromatic N) is 3. The molecule has 2 amide bonds. The van der Waals surface area contributed by atoms with Crippen molar-refractivity contribution in [2.75, 3.05) is 39.3 Å². The molecule has 0 spiro atoms. The van der Waals surface area contributed by atoms with Crippen LogP contribution < -0.4 is 10.1 Å². The Labute approximate surface area is 214 Å². The minimum atomic E-state index is -0.638. The van der Waals surface area contributed by atoms with Crippen molar-refractivity contribution >= 4 is 12.0 Å². The first-order valence-corrected chi connectivity index (χ1v) is 12.7. The molecule has 4 atom stereocenters. The molecule has 0 saturated carbocycles. The van der Waals surface area contributed by atoms with Gasteiger partial charge in [-0.1, -0.05) is 13.8 Å². The Balaban J connectivity index is 1.49. The lowest BCUT2D eigenvalue weighted by Gasteiger charge is -2.47. The van der Waals surface area contributed by atoms with Crippen LogP contribution >= 0.6 is 0 Å². The van der Waals surface area contributed by atoms with Crippen LogP contribution in [0.3, 0.4) is 0 Å². The summed E-state index contributed by atoms with van der Waals surface area (Å²) in [5, 5.41) is 22.2. The molecular weight excluding hydrogens is 460 g/mol. The van der Waals surface area contributed by atoms with Crippen molar-refractivity contribution < 1.29 is 24.2 Å². The van der Waals surface area contributed by atoms with Gasteiger partial charge in [-0.25, -0.2) is 4.79 Å². The van der Waals surface area contributed by atoms with Crippen LogP contribution in [0.25, 0.3) is 0 Å². The number of nitriles is 1. The van der Waals surface area contributed by atoms with E-state index in [1.54, 1.807) is 45.0 Å². The van der Waals surface area contributed by atoms with Gasteiger partial charge >= 0.3 is 6.09 Å². The van der Waals surface area contributed by atoms with Crippen molar-refractivity contribution in [2.45, 2.75) is 58.8 Å². The number of benzene rings is 1. The zero-order chi connectivity index (χ0) is 26.5. The average Bonchev–Trinajstić information content (AvgIpc) is 2.79. The third kappa shape index (κ3) is 8.10. The molecular formula is C27H40N4O5. The van der Waals surface area contributed by atoms with E-state index in [1.165, 1.54) is 0 Å². The second kappa shape index (κ2) is 11.9. The topological polar surface area (TPSA) is 115 Å². The van der Waals surface area contributed by atoms with Gasteiger partial charge in [0.25, 0.3) is 0 Å². The average molecular weight is 501 g/mol. The van der Waals surface area contributed by atoms with E-state index in [4.69, 9.17) is 14.7 Å². The van der Waals surface area contributed by atoms with E-state index in [9.17, 15) is 14.7 Å². The maximum Gasteiger partial charge on any atom is 0.408 e. The number of aliphatic hydroxyl groups excluding tert-OH is 1. The second-order valence-corrected chi connectivity index (χ2v) is 11.4. The molecule has 1 aromatic carbocycles. The van der Waals surface area contributed by atoms with Crippen LogP contribution in [0.1, 0.15) is 46.6 Å². The number of amides is 2. The fourth-order valence-electron chi connectivity index (χ4n) is 5.03. The van der Waals surface area contributed by atoms with Gasteiger partial charge in [0.05, 0.1) is 11.6 Å². The summed E-state index contributed by atoms with van der Waals surface area (Å²) in [6.45, 7) is 12.8. The Morgan fingerprint density at radius 3 is 2.28 bits per heavy atom. The van der Waals surface area contributed by atoms with E-state index in [-0.39, 0.29) is 18.4 Å². The maximum absolute atomic E-state index is 13.4. The largest absolute Gasteiger partial charge is 0.491 e. The summed E-state index contributed by atoms with van der Waals surface area (Å²) in [6, 6.07) is 8.27. The lowest BCUT2D eigenvalue weighted by atomic mass is 9.84. The number of hydrogen-bond donors (Lipinski definition) is 2. The highest BCUT2D eigenvalue weighted by Gasteiger charge is 2.39. The number of alkyl carbamates (subject to hydrolysis) is 1. The lowest BCUT2D eigenvalue weighted by Crippen LogP contribution is -2.59. The first-order valence-electron chi connectivity index (χ1n) is 12.7. The fourth-order valence-corrected chi connectivity index (χ4v) is 5.03. The molecule has 2 aliphatic heterocycles. The van der Waals surface area contributed by atoms with E-state index in [0.717, 1.165) is 19.5 Å². The summed E-state index contributed by atoms with van der Waals surface area (Å²) in [5.41, 5.74) is -0.0617. The third-order valence-electron chi connectivity index (χ3n) is 6.47. The van der Waals surface area contributed by atoms with E-state index < -0.39 is 23.8 Å². The van der Waals surface area contributed by atoms with Gasteiger partial charge in [-0.2, -0.15) is 5.26 Å². The zero-order valence-electron chi connectivity index (χ0n) is 22.1. The van der Waals surface area contributed by atoms with Crippen molar-refractivity contribution in [1.29, 1.82) is 5.26 Å². The zero-order valence-corrected chi connectivity index (χ0v) is 22.1. The van der Waals surface area contributed by atoms with Gasteiger partial charge in [0.2, 0.25) is 5.91 Å². The number of fused-ring (bicyclic) bond motifs is 2. The number of likely N-dealkylation sites (tertiary alicyclic amines) is 2. The molecule has 2 bridgehead atoms. The van der Waals surface area contributed by atoms with E-state index in [1.807, 2.05) is 18.7 Å². The first kappa shape index (κ1) is 27.8. The minimum absolute atomic E-state index is 0.0603. The van der Waals surface area contributed by atoms with Gasteiger partial charge in [0.15, 0.2) is 0 Å². The highest BCUT2D eigenvalue weighted by Crippen LogP contribution is 2.29. The molecule has 2 aliphatic rings. The Morgan fingerprint density at radius 1 is 1.14 bits per heavy atom. The van der Waals surface area contributed by atoms with E-state index in [0.29, 0.717) is 42.8 Å². The molecule has 2 N–H and O–H groups in total. The molecule has 0 aliphatic carbocycles. The van der Waals surface area contributed by atoms with Gasteiger partial charge in [0, 0.05) is 32.7 Å². The molecule has 2 unspecified atom stereocenters. The Morgan fingerprint density at radius 2 is 1.75 bits per heavy atom. The monoisotopic (exact) mass is 500 g/mol. The summed E-state index contributed by atoms with van der Waals surface area (Å²) in [6.07, 6.45) is -0.153. The molecule has 36 heavy (non-hydrogen) atoms. The van der Waals surface area contributed by atoms with Crippen LogP contribution in [-0.4, -0.2) is 84.0 Å². The van der Waals surface area contributed by atoms with Crippen LogP contribution in [0, 0.1) is 29.1 Å². The van der Waals surface area contributed by atoms with Crippen molar-refractivity contribution in [3.8, 4) is 11.8 Å². The van der Waals surface area contributed by atoms with Gasteiger partial charge in [-0.15, -0.1) is 0 Å². The van der Waals surface area contributed by atoms with Crippen LogP contribution in [0.5, 0.6) is 5.75 Å². The second-order valence-electron chi connectivity index (χ2n) is 11.4. The SMILES string of the molecule is CC(C)[C@H](NC(=O)OC(C)(C)C)C(=O)N1CC2CC(CN(C[C@H](O)COc3ccc(C#N)cc3)C2)C1. The van der Waals surface area contributed by atoms with E-state index in [2.05, 4.69) is 16.3 Å². The predicted octanol–water partition coefficient (Wildman–Crippen LogP) is 2.63. The minimum Gasteiger partial charge on any atom is -0.491 e. The summed E-state index contributed by atoms with van der Waals surface area (Å²) in [4.78, 5) is 29.8. The van der Waals surface area contributed by atoms with Crippen LogP contribution in [0.4, 0.5) is 4.79 Å². The molecule has 9 heteroatoms. The number of carbonyl (C=O) groups is 2. The number of piperidine rings is 2. The smallest absolute Gasteiger partial charge is 0.408 e. The summed E-state index contributed by atoms with van der Waals surface area (Å²) in [5.74, 6) is 1.15.